The van der Waals surface area contributed by atoms with Crippen LogP contribution >= 0.6 is 11.8 Å². The van der Waals surface area contributed by atoms with Crippen LogP contribution < -0.4 is 5.32 Å². The summed E-state index contributed by atoms with van der Waals surface area (Å²) < 4.78 is 0. The van der Waals surface area contributed by atoms with Crippen LogP contribution in [0.5, 0.6) is 0 Å². The summed E-state index contributed by atoms with van der Waals surface area (Å²) >= 11 is 1.68. The molecule has 1 fully saturated rings. The second-order valence-electron chi connectivity index (χ2n) is 5.01. The molecule has 1 saturated carbocycles. The van der Waals surface area contributed by atoms with Crippen molar-refractivity contribution in [2.75, 3.05) is 18.9 Å². The SMILES string of the molecule is CCCNC1(C#N)CCCC(SCC(O)CO)C1. The third-order valence-electron chi connectivity index (χ3n) is 3.37. The van der Waals surface area contributed by atoms with Crippen molar-refractivity contribution >= 4 is 11.8 Å². The lowest BCUT2D eigenvalue weighted by Gasteiger charge is -2.36. The molecule has 0 amide bonds. The molecule has 3 atom stereocenters. The number of nitrogens with zero attached hydrogens (tertiary/aromatic N) is 1. The maximum Gasteiger partial charge on any atom is 0.107 e. The molecule has 0 radical (unpaired) electrons. The predicted molar refractivity (Wildman–Crippen MR) is 74.4 cm³/mol. The predicted octanol–water partition coefficient (Wildman–Crippen LogP) is 1.28. The van der Waals surface area contributed by atoms with E-state index in [1.807, 2.05) is 0 Å². The summed E-state index contributed by atoms with van der Waals surface area (Å²) in [5.74, 6) is 0.552. The highest BCUT2D eigenvalue weighted by Crippen LogP contribution is 2.35. The van der Waals surface area contributed by atoms with Crippen molar-refractivity contribution in [2.24, 2.45) is 0 Å². The number of thioether (sulfide) groups is 1. The third-order valence-corrected chi connectivity index (χ3v) is 4.82. The molecular weight excluding hydrogens is 248 g/mol. The average Bonchev–Trinajstić information content (AvgIpc) is 2.43. The zero-order valence-corrected chi connectivity index (χ0v) is 11.9. The minimum absolute atomic E-state index is 0.183. The van der Waals surface area contributed by atoms with Gasteiger partial charge in [-0.1, -0.05) is 6.92 Å². The molecule has 1 rings (SSSR count). The monoisotopic (exact) mass is 272 g/mol. The summed E-state index contributed by atoms with van der Waals surface area (Å²) in [5, 5.41) is 31.4. The second kappa shape index (κ2) is 8.00. The van der Waals surface area contributed by atoms with Gasteiger partial charge in [0.25, 0.3) is 0 Å². The number of aliphatic hydroxyl groups excluding tert-OH is 2. The fourth-order valence-electron chi connectivity index (χ4n) is 2.33. The van der Waals surface area contributed by atoms with Crippen molar-refractivity contribution in [3.63, 3.8) is 0 Å². The molecule has 0 spiro atoms. The number of rotatable bonds is 7. The Balaban J connectivity index is 2.45. The normalized spacial score (nSPS) is 29.8. The van der Waals surface area contributed by atoms with E-state index < -0.39 is 6.10 Å². The first-order valence-corrected chi connectivity index (χ1v) is 7.77. The molecule has 0 aliphatic heterocycles. The topological polar surface area (TPSA) is 76.3 Å². The minimum atomic E-state index is -0.642. The van der Waals surface area contributed by atoms with E-state index in [-0.39, 0.29) is 12.1 Å². The van der Waals surface area contributed by atoms with Crippen molar-refractivity contribution in [1.29, 1.82) is 5.26 Å². The number of hydrogen-bond donors (Lipinski definition) is 3. The molecule has 4 nitrogen and oxygen atoms in total. The molecular formula is C13H24N2O2S. The lowest BCUT2D eigenvalue weighted by molar-refractivity contribution is 0.113. The van der Waals surface area contributed by atoms with Gasteiger partial charge in [0.2, 0.25) is 0 Å². The number of aliphatic hydroxyl groups is 2. The van der Waals surface area contributed by atoms with Crippen molar-refractivity contribution in [1.82, 2.24) is 5.32 Å². The summed E-state index contributed by atoms with van der Waals surface area (Å²) in [7, 11) is 0. The van der Waals surface area contributed by atoms with Crippen LogP contribution in [-0.2, 0) is 0 Å². The first-order valence-electron chi connectivity index (χ1n) is 6.72. The van der Waals surface area contributed by atoms with E-state index in [1.165, 1.54) is 0 Å². The molecule has 3 N–H and O–H groups in total. The maximum absolute atomic E-state index is 9.40. The van der Waals surface area contributed by atoms with Gasteiger partial charge in [-0.05, 0) is 38.6 Å². The smallest absolute Gasteiger partial charge is 0.107 e. The summed E-state index contributed by atoms with van der Waals surface area (Å²) in [6.45, 7) is 2.80. The van der Waals surface area contributed by atoms with Crippen molar-refractivity contribution in [3.8, 4) is 6.07 Å². The molecule has 104 valence electrons. The van der Waals surface area contributed by atoms with Crippen molar-refractivity contribution in [3.05, 3.63) is 0 Å². The van der Waals surface area contributed by atoms with Crippen LogP contribution in [0.2, 0.25) is 0 Å². The summed E-state index contributed by atoms with van der Waals surface area (Å²) in [5.41, 5.74) is -0.379. The Labute approximate surface area is 114 Å². The van der Waals surface area contributed by atoms with Crippen LogP contribution in [0.1, 0.15) is 39.0 Å². The van der Waals surface area contributed by atoms with Crippen molar-refractivity contribution < 1.29 is 10.2 Å². The molecule has 0 heterocycles. The molecule has 0 aromatic rings. The molecule has 1 aliphatic rings. The number of hydrogen-bond acceptors (Lipinski definition) is 5. The Morgan fingerprint density at radius 3 is 3.00 bits per heavy atom. The Kier molecular flexibility index (Phi) is 7.02. The van der Waals surface area contributed by atoms with Gasteiger partial charge in [0, 0.05) is 11.0 Å². The fraction of sp³-hybridized carbons (Fsp3) is 0.923. The average molecular weight is 272 g/mol. The van der Waals surface area contributed by atoms with Gasteiger partial charge in [-0.15, -0.1) is 0 Å². The molecule has 0 saturated heterocycles. The molecule has 5 heteroatoms. The molecule has 1 aliphatic carbocycles. The van der Waals surface area contributed by atoms with Crippen LogP contribution in [0.15, 0.2) is 0 Å². The Morgan fingerprint density at radius 1 is 1.61 bits per heavy atom. The number of nitrogens with one attached hydrogen (secondary N) is 1. The standard InChI is InChI=1S/C13H24N2O2S/c1-2-6-15-13(10-14)5-3-4-12(7-13)18-9-11(17)8-16/h11-12,15-17H,2-9H2,1H3. The first-order chi connectivity index (χ1) is 8.65. The van der Waals surface area contributed by atoms with Crippen molar-refractivity contribution in [2.45, 2.75) is 55.9 Å². The van der Waals surface area contributed by atoms with E-state index in [2.05, 4.69) is 18.3 Å². The maximum atomic E-state index is 9.40. The Hall–Kier alpha value is -0.280. The van der Waals surface area contributed by atoms with Crippen LogP contribution in [0.4, 0.5) is 0 Å². The van der Waals surface area contributed by atoms with E-state index >= 15 is 0 Å². The van der Waals surface area contributed by atoms with Gasteiger partial charge in [-0.25, -0.2) is 0 Å². The summed E-state index contributed by atoms with van der Waals surface area (Å²) in [6, 6.07) is 2.45. The largest absolute Gasteiger partial charge is 0.394 e. The molecule has 0 bridgehead atoms. The minimum Gasteiger partial charge on any atom is -0.394 e. The van der Waals surface area contributed by atoms with Gasteiger partial charge in [-0.2, -0.15) is 17.0 Å². The lowest BCUT2D eigenvalue weighted by Crippen LogP contribution is -2.48. The van der Waals surface area contributed by atoms with Gasteiger partial charge in [0.15, 0.2) is 0 Å². The second-order valence-corrected chi connectivity index (χ2v) is 6.34. The molecule has 0 aromatic carbocycles. The number of nitriles is 1. The highest BCUT2D eigenvalue weighted by atomic mass is 32.2. The van der Waals surface area contributed by atoms with Crippen LogP contribution in [0.3, 0.4) is 0 Å². The Morgan fingerprint density at radius 2 is 2.39 bits per heavy atom. The Bertz CT molecular complexity index is 283. The molecule has 0 aromatic heterocycles. The highest BCUT2D eigenvalue weighted by molar-refractivity contribution is 7.99. The van der Waals surface area contributed by atoms with E-state index in [4.69, 9.17) is 5.11 Å². The van der Waals surface area contributed by atoms with Gasteiger partial charge >= 0.3 is 0 Å². The van der Waals surface area contributed by atoms with Crippen LogP contribution in [0, 0.1) is 11.3 Å². The first kappa shape index (κ1) is 15.8. The zero-order chi connectivity index (χ0) is 13.4. The van der Waals surface area contributed by atoms with Gasteiger partial charge in [-0.3, -0.25) is 5.32 Å². The fourth-order valence-corrected chi connectivity index (χ4v) is 3.67. The molecule has 3 unspecified atom stereocenters. The van der Waals surface area contributed by atoms with E-state index in [1.54, 1.807) is 11.8 Å². The summed E-state index contributed by atoms with van der Waals surface area (Å²) in [4.78, 5) is 0. The lowest BCUT2D eigenvalue weighted by atomic mass is 9.82. The summed E-state index contributed by atoms with van der Waals surface area (Å²) in [6.07, 6.45) is 4.30. The zero-order valence-electron chi connectivity index (χ0n) is 11.1. The van der Waals surface area contributed by atoms with E-state index in [0.717, 1.165) is 38.6 Å². The quantitative estimate of drug-likeness (QED) is 0.651. The van der Waals surface area contributed by atoms with Gasteiger partial charge in [0.1, 0.15) is 5.54 Å². The van der Waals surface area contributed by atoms with E-state index in [9.17, 15) is 10.4 Å². The van der Waals surface area contributed by atoms with Gasteiger partial charge in [0.05, 0.1) is 18.8 Å². The van der Waals surface area contributed by atoms with E-state index in [0.29, 0.717) is 11.0 Å². The highest BCUT2D eigenvalue weighted by Gasteiger charge is 2.36. The van der Waals surface area contributed by atoms with Gasteiger partial charge < -0.3 is 10.2 Å². The third kappa shape index (κ3) is 4.77. The van der Waals surface area contributed by atoms with Crippen LogP contribution in [-0.4, -0.2) is 46.0 Å². The molecule has 18 heavy (non-hydrogen) atoms. The van der Waals surface area contributed by atoms with Crippen LogP contribution in [0.25, 0.3) is 0 Å².